The van der Waals surface area contributed by atoms with Crippen molar-refractivity contribution in [1.82, 2.24) is 9.97 Å². The van der Waals surface area contributed by atoms with Crippen molar-refractivity contribution in [2.45, 2.75) is 31.8 Å². The minimum atomic E-state index is -3.85. The summed E-state index contributed by atoms with van der Waals surface area (Å²) in [6.45, 7) is 5.09. The highest BCUT2D eigenvalue weighted by molar-refractivity contribution is 7.92. The van der Waals surface area contributed by atoms with E-state index in [0.29, 0.717) is 23.0 Å². The Bertz CT molecular complexity index is 1440. The molecule has 4 rings (SSSR count). The van der Waals surface area contributed by atoms with E-state index in [-0.39, 0.29) is 16.6 Å². The van der Waals surface area contributed by atoms with Gasteiger partial charge >= 0.3 is 0 Å². The molecule has 0 spiro atoms. The van der Waals surface area contributed by atoms with Crippen molar-refractivity contribution in [3.8, 4) is 16.9 Å². The van der Waals surface area contributed by atoms with Crippen molar-refractivity contribution in [2.75, 3.05) is 10.0 Å². The van der Waals surface area contributed by atoms with E-state index in [2.05, 4.69) is 20.0 Å². The average molecular weight is 503 g/mol. The molecule has 2 N–H and O–H groups in total. The van der Waals surface area contributed by atoms with E-state index >= 15 is 0 Å². The standard InChI is InChI=1S/C27H26N4O4S/c1-18-17-26(29-20(3)28-18)31-36(33,34)25-15-11-23(12-16-25)30-27(32)19(2)35-24-13-9-22(10-14-24)21-7-5-4-6-8-21/h4-17,19H,1-3H3,(H,30,32)(H,28,29,31). The molecule has 1 atom stereocenters. The monoisotopic (exact) mass is 502 g/mol. The van der Waals surface area contributed by atoms with E-state index in [9.17, 15) is 13.2 Å². The molecule has 4 aromatic rings. The van der Waals surface area contributed by atoms with E-state index in [1.807, 2.05) is 54.6 Å². The fourth-order valence-corrected chi connectivity index (χ4v) is 4.53. The number of aryl methyl sites for hydroxylation is 2. The molecule has 1 unspecified atom stereocenters. The summed E-state index contributed by atoms with van der Waals surface area (Å²) in [5.74, 6) is 0.872. The predicted molar refractivity (Wildman–Crippen MR) is 139 cm³/mol. The number of rotatable bonds is 8. The summed E-state index contributed by atoms with van der Waals surface area (Å²) in [4.78, 5) is 20.9. The normalized spacial score (nSPS) is 12.0. The largest absolute Gasteiger partial charge is 0.481 e. The van der Waals surface area contributed by atoms with Gasteiger partial charge in [0.15, 0.2) is 6.10 Å². The summed E-state index contributed by atoms with van der Waals surface area (Å²) in [7, 11) is -3.85. The van der Waals surface area contributed by atoms with Gasteiger partial charge in [0, 0.05) is 17.4 Å². The maximum atomic E-state index is 12.7. The van der Waals surface area contributed by atoms with Crippen molar-refractivity contribution in [1.29, 1.82) is 0 Å². The van der Waals surface area contributed by atoms with Gasteiger partial charge in [0.05, 0.1) is 4.90 Å². The summed E-state index contributed by atoms with van der Waals surface area (Å²) in [5.41, 5.74) is 3.25. The summed E-state index contributed by atoms with van der Waals surface area (Å²) >= 11 is 0. The van der Waals surface area contributed by atoms with Gasteiger partial charge in [0.25, 0.3) is 15.9 Å². The Balaban J connectivity index is 1.36. The Labute approximate surface area is 210 Å². The average Bonchev–Trinajstić information content (AvgIpc) is 2.84. The Morgan fingerprint density at radius 1 is 0.861 bits per heavy atom. The van der Waals surface area contributed by atoms with Gasteiger partial charge in [-0.15, -0.1) is 0 Å². The number of aromatic nitrogens is 2. The molecule has 0 bridgehead atoms. The van der Waals surface area contributed by atoms with Crippen LogP contribution in [0, 0.1) is 13.8 Å². The maximum Gasteiger partial charge on any atom is 0.265 e. The van der Waals surface area contributed by atoms with Crippen LogP contribution < -0.4 is 14.8 Å². The zero-order chi connectivity index (χ0) is 25.7. The molecule has 0 saturated carbocycles. The molecule has 8 nitrogen and oxygen atoms in total. The number of carbonyl (C=O) groups is 1. The molecule has 1 heterocycles. The number of benzene rings is 3. The number of nitrogens with zero attached hydrogens (tertiary/aromatic N) is 2. The predicted octanol–water partition coefficient (Wildman–Crippen LogP) is 4.97. The van der Waals surface area contributed by atoms with Gasteiger partial charge in [0.1, 0.15) is 17.4 Å². The molecule has 3 aromatic carbocycles. The van der Waals surface area contributed by atoms with Crippen LogP contribution in [0.1, 0.15) is 18.4 Å². The Morgan fingerprint density at radius 2 is 1.50 bits per heavy atom. The lowest BCUT2D eigenvalue weighted by Gasteiger charge is -2.15. The molecule has 1 amide bonds. The minimum absolute atomic E-state index is 0.0391. The number of amides is 1. The van der Waals surface area contributed by atoms with Gasteiger partial charge in [-0.2, -0.15) is 0 Å². The van der Waals surface area contributed by atoms with E-state index in [4.69, 9.17) is 4.74 Å². The smallest absolute Gasteiger partial charge is 0.265 e. The molecule has 0 fully saturated rings. The van der Waals surface area contributed by atoms with Crippen LogP contribution >= 0.6 is 0 Å². The lowest BCUT2D eigenvalue weighted by molar-refractivity contribution is -0.122. The first-order chi connectivity index (χ1) is 17.2. The third-order valence-electron chi connectivity index (χ3n) is 5.28. The minimum Gasteiger partial charge on any atom is -0.481 e. The number of nitrogens with one attached hydrogen (secondary N) is 2. The molecule has 0 saturated heterocycles. The number of hydrogen-bond acceptors (Lipinski definition) is 6. The topological polar surface area (TPSA) is 110 Å². The van der Waals surface area contributed by atoms with Crippen LogP contribution in [0.4, 0.5) is 11.5 Å². The highest BCUT2D eigenvalue weighted by Gasteiger charge is 2.18. The Morgan fingerprint density at radius 3 is 2.14 bits per heavy atom. The first-order valence-electron chi connectivity index (χ1n) is 11.3. The Kier molecular flexibility index (Phi) is 7.30. The van der Waals surface area contributed by atoms with E-state index in [1.165, 1.54) is 24.3 Å². The third-order valence-corrected chi connectivity index (χ3v) is 6.65. The van der Waals surface area contributed by atoms with Crippen LogP contribution in [0.3, 0.4) is 0 Å². The third kappa shape index (κ3) is 6.25. The molecular formula is C27H26N4O4S. The van der Waals surface area contributed by atoms with Crippen LogP contribution in [-0.2, 0) is 14.8 Å². The van der Waals surface area contributed by atoms with Gasteiger partial charge in [-0.25, -0.2) is 18.4 Å². The zero-order valence-corrected chi connectivity index (χ0v) is 20.9. The second-order valence-corrected chi connectivity index (χ2v) is 9.89. The van der Waals surface area contributed by atoms with Crippen LogP contribution in [0.5, 0.6) is 5.75 Å². The van der Waals surface area contributed by atoms with E-state index in [1.54, 1.807) is 26.8 Å². The van der Waals surface area contributed by atoms with E-state index in [0.717, 1.165) is 11.1 Å². The summed E-state index contributed by atoms with van der Waals surface area (Å²) in [6, 6.07) is 24.9. The van der Waals surface area contributed by atoms with Gasteiger partial charge < -0.3 is 10.1 Å². The fourth-order valence-electron chi connectivity index (χ4n) is 3.54. The Hall–Kier alpha value is -4.24. The van der Waals surface area contributed by atoms with Gasteiger partial charge in [0.2, 0.25) is 0 Å². The zero-order valence-electron chi connectivity index (χ0n) is 20.1. The van der Waals surface area contributed by atoms with Crippen molar-refractivity contribution >= 4 is 27.4 Å². The van der Waals surface area contributed by atoms with Crippen molar-refractivity contribution in [3.63, 3.8) is 0 Å². The lowest BCUT2D eigenvalue weighted by Crippen LogP contribution is -2.30. The molecule has 1 aromatic heterocycles. The number of ether oxygens (including phenoxy) is 1. The molecule has 184 valence electrons. The molecule has 0 aliphatic heterocycles. The number of hydrogen-bond donors (Lipinski definition) is 2. The highest BCUT2D eigenvalue weighted by Crippen LogP contribution is 2.23. The second-order valence-electron chi connectivity index (χ2n) is 8.21. The molecule has 0 aliphatic rings. The van der Waals surface area contributed by atoms with E-state index < -0.39 is 16.1 Å². The SMILES string of the molecule is Cc1cc(NS(=O)(=O)c2ccc(NC(=O)C(C)Oc3ccc(-c4ccccc4)cc3)cc2)nc(C)n1. The molecule has 0 radical (unpaired) electrons. The first kappa shape index (κ1) is 24.9. The quantitative estimate of drug-likeness (QED) is 0.352. The summed E-state index contributed by atoms with van der Waals surface area (Å²) in [6.07, 6.45) is -0.762. The molecule has 9 heteroatoms. The van der Waals surface area contributed by atoms with Crippen LogP contribution in [0.25, 0.3) is 11.1 Å². The molecule has 0 aliphatic carbocycles. The molecular weight excluding hydrogens is 476 g/mol. The number of anilines is 2. The van der Waals surface area contributed by atoms with Crippen molar-refractivity contribution in [2.24, 2.45) is 0 Å². The fraction of sp³-hybridized carbons (Fsp3) is 0.148. The van der Waals surface area contributed by atoms with Crippen LogP contribution in [-0.4, -0.2) is 30.4 Å². The van der Waals surface area contributed by atoms with Crippen LogP contribution in [0.15, 0.2) is 89.8 Å². The van der Waals surface area contributed by atoms with Crippen molar-refractivity contribution in [3.05, 3.63) is 96.4 Å². The summed E-state index contributed by atoms with van der Waals surface area (Å²) < 4.78 is 33.6. The summed E-state index contributed by atoms with van der Waals surface area (Å²) in [5, 5.41) is 2.74. The van der Waals surface area contributed by atoms with Crippen molar-refractivity contribution < 1.29 is 17.9 Å². The highest BCUT2D eigenvalue weighted by atomic mass is 32.2. The number of carbonyl (C=O) groups excluding carboxylic acids is 1. The first-order valence-corrected chi connectivity index (χ1v) is 12.8. The number of sulfonamides is 1. The second kappa shape index (κ2) is 10.6. The van der Waals surface area contributed by atoms with Crippen LogP contribution in [0.2, 0.25) is 0 Å². The van der Waals surface area contributed by atoms with Gasteiger partial charge in [-0.1, -0.05) is 42.5 Å². The lowest BCUT2D eigenvalue weighted by atomic mass is 10.1. The molecule has 36 heavy (non-hydrogen) atoms. The maximum absolute atomic E-state index is 12.7. The van der Waals surface area contributed by atoms with Gasteiger partial charge in [-0.05, 0) is 68.3 Å². The van der Waals surface area contributed by atoms with Gasteiger partial charge in [-0.3, -0.25) is 9.52 Å².